The number of nitrogens with zero attached hydrogens (tertiary/aromatic N) is 4. The minimum absolute atomic E-state index is 0.00777. The summed E-state index contributed by atoms with van der Waals surface area (Å²) < 4.78 is 10.6. The Hall–Kier alpha value is -3.75. The Kier molecular flexibility index (Phi) is 4.88. The van der Waals surface area contributed by atoms with Gasteiger partial charge in [0.25, 0.3) is 0 Å². The van der Waals surface area contributed by atoms with Crippen molar-refractivity contribution < 1.29 is 14.4 Å². The molecule has 26 heavy (non-hydrogen) atoms. The van der Waals surface area contributed by atoms with E-state index in [-0.39, 0.29) is 17.4 Å². The van der Waals surface area contributed by atoms with Crippen molar-refractivity contribution in [1.29, 1.82) is 0 Å². The van der Waals surface area contributed by atoms with Gasteiger partial charge >= 0.3 is 11.6 Å². The van der Waals surface area contributed by atoms with E-state index in [1.54, 1.807) is 43.6 Å². The highest BCUT2D eigenvalue weighted by Gasteiger charge is 2.25. The van der Waals surface area contributed by atoms with Crippen LogP contribution < -0.4 is 14.8 Å². The highest BCUT2D eigenvalue weighted by molar-refractivity contribution is 5.67. The first-order valence-electron chi connectivity index (χ1n) is 7.58. The SMILES string of the molecule is COc1ccc(Oc2ncnc(Nc3cc(C)ccn3)c2[N+](=O)[O-])cc1. The molecule has 9 nitrogen and oxygen atoms in total. The number of anilines is 2. The van der Waals surface area contributed by atoms with Gasteiger partial charge in [0.05, 0.1) is 12.0 Å². The summed E-state index contributed by atoms with van der Waals surface area (Å²) in [5, 5.41) is 14.4. The number of nitro groups is 1. The fourth-order valence-electron chi connectivity index (χ4n) is 2.17. The molecule has 0 saturated carbocycles. The molecule has 3 rings (SSSR count). The van der Waals surface area contributed by atoms with Gasteiger partial charge in [0.1, 0.15) is 23.6 Å². The van der Waals surface area contributed by atoms with Crippen LogP contribution in [0.15, 0.2) is 48.9 Å². The second kappa shape index (κ2) is 7.43. The zero-order valence-electron chi connectivity index (χ0n) is 14.0. The highest BCUT2D eigenvalue weighted by Crippen LogP contribution is 2.35. The van der Waals surface area contributed by atoms with Gasteiger partial charge in [-0.25, -0.2) is 9.97 Å². The van der Waals surface area contributed by atoms with Crippen molar-refractivity contribution in [3.05, 3.63) is 64.6 Å². The van der Waals surface area contributed by atoms with E-state index in [1.807, 2.05) is 13.0 Å². The molecule has 0 radical (unpaired) electrons. The fourth-order valence-corrected chi connectivity index (χ4v) is 2.17. The van der Waals surface area contributed by atoms with E-state index in [9.17, 15) is 10.1 Å². The van der Waals surface area contributed by atoms with Crippen molar-refractivity contribution in [2.75, 3.05) is 12.4 Å². The number of rotatable bonds is 6. The van der Waals surface area contributed by atoms with Gasteiger partial charge in [-0.05, 0) is 48.9 Å². The van der Waals surface area contributed by atoms with Crippen molar-refractivity contribution in [3.8, 4) is 17.4 Å². The number of hydrogen-bond donors (Lipinski definition) is 1. The highest BCUT2D eigenvalue weighted by atomic mass is 16.6. The van der Waals surface area contributed by atoms with Crippen LogP contribution in [-0.4, -0.2) is 27.0 Å². The molecular weight excluding hydrogens is 338 g/mol. The van der Waals surface area contributed by atoms with Crippen LogP contribution in [0.5, 0.6) is 17.4 Å². The van der Waals surface area contributed by atoms with Gasteiger partial charge in [0.15, 0.2) is 0 Å². The third-order valence-corrected chi connectivity index (χ3v) is 3.41. The molecule has 0 aliphatic rings. The molecule has 2 aromatic heterocycles. The van der Waals surface area contributed by atoms with Gasteiger partial charge < -0.3 is 14.8 Å². The molecule has 0 unspecified atom stereocenters. The number of ether oxygens (including phenoxy) is 2. The minimum atomic E-state index is -0.600. The van der Waals surface area contributed by atoms with E-state index >= 15 is 0 Å². The molecule has 0 atom stereocenters. The largest absolute Gasteiger partial charge is 0.497 e. The number of hydrogen-bond acceptors (Lipinski definition) is 8. The molecule has 3 aromatic rings. The summed E-state index contributed by atoms with van der Waals surface area (Å²) in [6.07, 6.45) is 2.78. The molecule has 0 saturated heterocycles. The summed E-state index contributed by atoms with van der Waals surface area (Å²) in [5.74, 6) is 1.27. The quantitative estimate of drug-likeness (QED) is 0.528. The van der Waals surface area contributed by atoms with E-state index in [2.05, 4.69) is 20.3 Å². The smallest absolute Gasteiger partial charge is 0.373 e. The maximum absolute atomic E-state index is 11.6. The lowest BCUT2D eigenvalue weighted by Gasteiger charge is -2.09. The summed E-state index contributed by atoms with van der Waals surface area (Å²) >= 11 is 0. The first-order chi connectivity index (χ1) is 12.6. The van der Waals surface area contributed by atoms with Crippen LogP contribution in [0.1, 0.15) is 5.56 Å². The Morgan fingerprint density at radius 3 is 2.46 bits per heavy atom. The second-order valence-corrected chi connectivity index (χ2v) is 5.25. The topological polar surface area (TPSA) is 112 Å². The fraction of sp³-hybridized carbons (Fsp3) is 0.118. The maximum atomic E-state index is 11.6. The van der Waals surface area contributed by atoms with Crippen molar-refractivity contribution in [2.45, 2.75) is 6.92 Å². The monoisotopic (exact) mass is 353 g/mol. The van der Waals surface area contributed by atoms with Gasteiger partial charge in [0.2, 0.25) is 5.82 Å². The normalized spacial score (nSPS) is 10.2. The Balaban J connectivity index is 1.93. The second-order valence-electron chi connectivity index (χ2n) is 5.25. The molecule has 9 heteroatoms. The predicted octanol–water partition coefficient (Wildman–Crippen LogP) is 3.63. The molecule has 0 bridgehead atoms. The lowest BCUT2D eigenvalue weighted by Crippen LogP contribution is -2.04. The van der Waals surface area contributed by atoms with Crippen LogP contribution in [0.2, 0.25) is 0 Å². The maximum Gasteiger partial charge on any atom is 0.373 e. The Labute approximate surface area is 148 Å². The Morgan fingerprint density at radius 2 is 1.81 bits per heavy atom. The molecule has 0 fully saturated rings. The average molecular weight is 353 g/mol. The van der Waals surface area contributed by atoms with Crippen LogP contribution in [0.3, 0.4) is 0 Å². The third kappa shape index (κ3) is 3.83. The van der Waals surface area contributed by atoms with Crippen LogP contribution >= 0.6 is 0 Å². The zero-order chi connectivity index (χ0) is 18.5. The van der Waals surface area contributed by atoms with E-state index in [4.69, 9.17) is 9.47 Å². The summed E-state index contributed by atoms with van der Waals surface area (Å²) in [4.78, 5) is 22.9. The average Bonchev–Trinajstić information content (AvgIpc) is 2.62. The van der Waals surface area contributed by atoms with Crippen LogP contribution in [-0.2, 0) is 0 Å². The van der Waals surface area contributed by atoms with Gasteiger partial charge in [-0.3, -0.25) is 10.1 Å². The molecule has 2 heterocycles. The van der Waals surface area contributed by atoms with Crippen LogP contribution in [0.25, 0.3) is 0 Å². The molecule has 1 N–H and O–H groups in total. The summed E-state index contributed by atoms with van der Waals surface area (Å²) in [5.41, 5.74) is 0.570. The van der Waals surface area contributed by atoms with Crippen LogP contribution in [0, 0.1) is 17.0 Å². The molecular formula is C17H15N5O4. The lowest BCUT2D eigenvalue weighted by molar-refractivity contribution is -0.385. The first kappa shape index (κ1) is 17.1. The molecule has 0 aliphatic carbocycles. The predicted molar refractivity (Wildman–Crippen MR) is 94.0 cm³/mol. The number of aromatic nitrogens is 3. The molecule has 1 aromatic carbocycles. The van der Waals surface area contributed by atoms with Gasteiger partial charge in [0, 0.05) is 6.20 Å². The van der Waals surface area contributed by atoms with Gasteiger partial charge in [-0.2, -0.15) is 4.98 Å². The van der Waals surface area contributed by atoms with Crippen LogP contribution in [0.4, 0.5) is 17.3 Å². The Bertz CT molecular complexity index is 931. The third-order valence-electron chi connectivity index (χ3n) is 3.41. The van der Waals surface area contributed by atoms with E-state index in [0.717, 1.165) is 5.56 Å². The number of benzene rings is 1. The number of methoxy groups -OCH3 is 1. The summed E-state index contributed by atoms with van der Waals surface area (Å²) in [6.45, 7) is 1.89. The van der Waals surface area contributed by atoms with Gasteiger partial charge in [-0.15, -0.1) is 0 Å². The van der Waals surface area contributed by atoms with Crippen molar-refractivity contribution >= 4 is 17.3 Å². The number of aryl methyl sites for hydroxylation is 1. The Morgan fingerprint density at radius 1 is 1.08 bits per heavy atom. The molecule has 0 amide bonds. The van der Waals surface area contributed by atoms with E-state index in [0.29, 0.717) is 17.3 Å². The molecule has 0 spiro atoms. The van der Waals surface area contributed by atoms with Crippen molar-refractivity contribution in [1.82, 2.24) is 15.0 Å². The standard InChI is InChI=1S/C17H15N5O4/c1-11-7-8-18-14(9-11)21-16-15(22(23)24)17(20-10-19-16)26-13-5-3-12(25-2)4-6-13/h3-10H,1-2H3,(H,18,19,20,21). The summed E-state index contributed by atoms with van der Waals surface area (Å²) in [6, 6.07) is 10.2. The van der Waals surface area contributed by atoms with Gasteiger partial charge in [-0.1, -0.05) is 0 Å². The van der Waals surface area contributed by atoms with Crippen molar-refractivity contribution in [2.24, 2.45) is 0 Å². The number of nitrogens with one attached hydrogen (secondary N) is 1. The van der Waals surface area contributed by atoms with E-state index in [1.165, 1.54) is 6.33 Å². The molecule has 132 valence electrons. The lowest BCUT2D eigenvalue weighted by atomic mass is 10.3. The summed E-state index contributed by atoms with van der Waals surface area (Å²) in [7, 11) is 1.54. The molecule has 0 aliphatic heterocycles. The number of pyridine rings is 1. The van der Waals surface area contributed by atoms with E-state index < -0.39 is 4.92 Å². The minimum Gasteiger partial charge on any atom is -0.497 e. The van der Waals surface area contributed by atoms with Crippen molar-refractivity contribution in [3.63, 3.8) is 0 Å². The first-order valence-corrected chi connectivity index (χ1v) is 7.58. The zero-order valence-corrected chi connectivity index (χ0v) is 14.0.